The molecule has 0 saturated heterocycles. The molecular formula is C12H17N3O4. The van der Waals surface area contributed by atoms with Crippen LogP contribution in [0.15, 0.2) is 18.2 Å². The minimum Gasteiger partial charge on any atom is -0.485 e. The van der Waals surface area contributed by atoms with E-state index in [4.69, 9.17) is 10.5 Å². The molecule has 0 saturated carbocycles. The van der Waals surface area contributed by atoms with Gasteiger partial charge in [0, 0.05) is 18.2 Å². The van der Waals surface area contributed by atoms with Crippen LogP contribution >= 0.6 is 0 Å². The lowest BCUT2D eigenvalue weighted by Crippen LogP contribution is -2.21. The van der Waals surface area contributed by atoms with Crippen molar-refractivity contribution in [2.24, 2.45) is 5.73 Å². The standard InChI is InChI=1S/C12H17N3O4/c1-2-5-14-6-7-19-11-4-3-9(12(13)16)8-10(11)15(17)18/h3-4,8,14H,2,5-7H2,1H3,(H2,13,16). The van der Waals surface area contributed by atoms with Gasteiger partial charge in [-0.05, 0) is 25.1 Å². The van der Waals surface area contributed by atoms with Gasteiger partial charge in [0.15, 0.2) is 5.75 Å². The number of hydrogen-bond acceptors (Lipinski definition) is 5. The number of benzene rings is 1. The van der Waals surface area contributed by atoms with Gasteiger partial charge in [-0.15, -0.1) is 0 Å². The van der Waals surface area contributed by atoms with Crippen molar-refractivity contribution in [2.75, 3.05) is 19.7 Å². The maximum Gasteiger partial charge on any atom is 0.311 e. The number of nitrogens with zero attached hydrogens (tertiary/aromatic N) is 1. The summed E-state index contributed by atoms with van der Waals surface area (Å²) in [6.45, 7) is 3.83. The Morgan fingerprint density at radius 2 is 2.21 bits per heavy atom. The predicted octanol–water partition coefficient (Wildman–Crippen LogP) is 1.07. The topological polar surface area (TPSA) is 107 Å². The molecule has 1 aromatic carbocycles. The van der Waals surface area contributed by atoms with Crippen LogP contribution in [0.5, 0.6) is 5.75 Å². The molecule has 0 unspecified atom stereocenters. The summed E-state index contributed by atoms with van der Waals surface area (Å²) in [7, 11) is 0. The minimum atomic E-state index is -0.709. The SMILES string of the molecule is CCCNCCOc1ccc(C(N)=O)cc1[N+](=O)[O-]. The van der Waals surface area contributed by atoms with Gasteiger partial charge >= 0.3 is 5.69 Å². The first-order valence-corrected chi connectivity index (χ1v) is 5.98. The molecule has 0 aliphatic carbocycles. The van der Waals surface area contributed by atoms with Crippen molar-refractivity contribution in [3.05, 3.63) is 33.9 Å². The quantitative estimate of drug-likeness (QED) is 0.416. The van der Waals surface area contributed by atoms with Gasteiger partial charge < -0.3 is 15.8 Å². The molecule has 3 N–H and O–H groups in total. The molecule has 0 aliphatic rings. The van der Waals surface area contributed by atoms with E-state index >= 15 is 0 Å². The van der Waals surface area contributed by atoms with Crippen molar-refractivity contribution in [1.29, 1.82) is 0 Å². The number of rotatable bonds is 8. The highest BCUT2D eigenvalue weighted by Crippen LogP contribution is 2.27. The molecule has 0 heterocycles. The number of nitrogens with two attached hydrogens (primary N) is 1. The van der Waals surface area contributed by atoms with E-state index in [0.29, 0.717) is 13.2 Å². The third kappa shape index (κ3) is 4.55. The molecule has 104 valence electrons. The second kappa shape index (κ2) is 7.32. The van der Waals surface area contributed by atoms with Crippen LogP contribution in [0.4, 0.5) is 5.69 Å². The first-order chi connectivity index (χ1) is 9.06. The zero-order chi connectivity index (χ0) is 14.3. The Morgan fingerprint density at radius 1 is 1.47 bits per heavy atom. The van der Waals surface area contributed by atoms with Crippen molar-refractivity contribution in [1.82, 2.24) is 5.32 Å². The van der Waals surface area contributed by atoms with Gasteiger partial charge in [-0.3, -0.25) is 14.9 Å². The van der Waals surface area contributed by atoms with Crippen LogP contribution in [0.25, 0.3) is 0 Å². The van der Waals surface area contributed by atoms with E-state index < -0.39 is 10.8 Å². The maximum atomic E-state index is 11.0. The smallest absolute Gasteiger partial charge is 0.311 e. The van der Waals surface area contributed by atoms with Gasteiger partial charge in [0.1, 0.15) is 6.61 Å². The number of ether oxygens (including phenoxy) is 1. The van der Waals surface area contributed by atoms with Crippen molar-refractivity contribution in [3.8, 4) is 5.75 Å². The molecule has 1 amide bonds. The third-order valence-corrected chi connectivity index (χ3v) is 2.40. The summed E-state index contributed by atoms with van der Waals surface area (Å²) in [5.41, 5.74) is 4.90. The summed E-state index contributed by atoms with van der Waals surface area (Å²) in [6, 6.07) is 3.92. The Hall–Kier alpha value is -2.15. The lowest BCUT2D eigenvalue weighted by molar-refractivity contribution is -0.385. The summed E-state index contributed by atoms with van der Waals surface area (Å²) in [5, 5.41) is 14.0. The number of nitro benzene ring substituents is 1. The zero-order valence-corrected chi connectivity index (χ0v) is 10.7. The van der Waals surface area contributed by atoms with Gasteiger partial charge in [-0.2, -0.15) is 0 Å². The second-order valence-electron chi connectivity index (χ2n) is 3.90. The third-order valence-electron chi connectivity index (χ3n) is 2.40. The number of nitrogens with one attached hydrogen (secondary N) is 1. The molecule has 0 radical (unpaired) electrons. The van der Waals surface area contributed by atoms with Crippen molar-refractivity contribution in [2.45, 2.75) is 13.3 Å². The molecule has 7 nitrogen and oxygen atoms in total. The molecule has 0 fully saturated rings. The summed E-state index contributed by atoms with van der Waals surface area (Å²) in [4.78, 5) is 21.3. The number of amides is 1. The molecule has 0 spiro atoms. The molecule has 0 bridgehead atoms. The first kappa shape index (κ1) is 14.9. The van der Waals surface area contributed by atoms with Crippen LogP contribution in [0.2, 0.25) is 0 Å². The average molecular weight is 267 g/mol. The van der Waals surface area contributed by atoms with Crippen LogP contribution in [-0.2, 0) is 0 Å². The zero-order valence-electron chi connectivity index (χ0n) is 10.7. The Bertz CT molecular complexity index is 462. The normalized spacial score (nSPS) is 10.2. The van der Waals surface area contributed by atoms with Gasteiger partial charge in [-0.1, -0.05) is 6.92 Å². The first-order valence-electron chi connectivity index (χ1n) is 5.98. The Morgan fingerprint density at radius 3 is 2.79 bits per heavy atom. The van der Waals surface area contributed by atoms with Crippen LogP contribution in [0.1, 0.15) is 23.7 Å². The average Bonchev–Trinajstić information content (AvgIpc) is 2.38. The molecule has 7 heteroatoms. The molecular weight excluding hydrogens is 250 g/mol. The Balaban J connectivity index is 2.71. The summed E-state index contributed by atoms with van der Waals surface area (Å²) in [6.07, 6.45) is 1.01. The van der Waals surface area contributed by atoms with E-state index in [0.717, 1.165) is 19.0 Å². The van der Waals surface area contributed by atoms with Gasteiger partial charge in [-0.25, -0.2) is 0 Å². The summed E-state index contributed by atoms with van der Waals surface area (Å²) in [5.74, 6) is -0.576. The largest absolute Gasteiger partial charge is 0.485 e. The van der Waals surface area contributed by atoms with E-state index in [1.807, 2.05) is 6.92 Å². The lowest BCUT2D eigenvalue weighted by atomic mass is 10.2. The van der Waals surface area contributed by atoms with Crippen molar-refractivity contribution >= 4 is 11.6 Å². The highest BCUT2D eigenvalue weighted by Gasteiger charge is 2.17. The van der Waals surface area contributed by atoms with Crippen LogP contribution < -0.4 is 15.8 Å². The lowest BCUT2D eigenvalue weighted by Gasteiger charge is -2.08. The molecule has 0 aliphatic heterocycles. The van der Waals surface area contributed by atoms with Crippen LogP contribution in [-0.4, -0.2) is 30.5 Å². The summed E-state index contributed by atoms with van der Waals surface area (Å²) >= 11 is 0. The fraction of sp³-hybridized carbons (Fsp3) is 0.417. The minimum absolute atomic E-state index is 0.0863. The van der Waals surface area contributed by atoms with E-state index in [1.54, 1.807) is 0 Å². The number of carbonyl (C=O) groups excluding carboxylic acids is 1. The number of primary amides is 1. The summed E-state index contributed by atoms with van der Waals surface area (Å²) < 4.78 is 5.32. The fourth-order valence-electron chi connectivity index (χ4n) is 1.47. The highest BCUT2D eigenvalue weighted by atomic mass is 16.6. The van der Waals surface area contributed by atoms with E-state index in [2.05, 4.69) is 5.32 Å². The van der Waals surface area contributed by atoms with Gasteiger partial charge in [0.2, 0.25) is 5.91 Å². The van der Waals surface area contributed by atoms with Gasteiger partial charge in [0.25, 0.3) is 0 Å². The highest BCUT2D eigenvalue weighted by molar-refractivity contribution is 5.93. The van der Waals surface area contributed by atoms with Gasteiger partial charge in [0.05, 0.1) is 4.92 Å². The van der Waals surface area contributed by atoms with Crippen LogP contribution in [0, 0.1) is 10.1 Å². The van der Waals surface area contributed by atoms with E-state index in [-0.39, 0.29) is 17.0 Å². The fourth-order valence-corrected chi connectivity index (χ4v) is 1.47. The van der Waals surface area contributed by atoms with E-state index in [9.17, 15) is 14.9 Å². The second-order valence-corrected chi connectivity index (χ2v) is 3.90. The van der Waals surface area contributed by atoms with E-state index in [1.165, 1.54) is 12.1 Å². The Labute approximate surface area is 110 Å². The number of carbonyl (C=O) groups is 1. The van der Waals surface area contributed by atoms with Crippen molar-refractivity contribution < 1.29 is 14.5 Å². The van der Waals surface area contributed by atoms with Crippen LogP contribution in [0.3, 0.4) is 0 Å². The monoisotopic (exact) mass is 267 g/mol. The number of nitro groups is 1. The molecule has 19 heavy (non-hydrogen) atoms. The molecule has 0 aromatic heterocycles. The van der Waals surface area contributed by atoms with Crippen molar-refractivity contribution in [3.63, 3.8) is 0 Å². The Kier molecular flexibility index (Phi) is 5.74. The maximum absolute atomic E-state index is 11.0. The number of hydrogen-bond donors (Lipinski definition) is 2. The molecule has 0 atom stereocenters. The molecule has 1 aromatic rings. The molecule has 1 rings (SSSR count). The predicted molar refractivity (Wildman–Crippen MR) is 70.3 cm³/mol.